The lowest BCUT2D eigenvalue weighted by Gasteiger charge is -2.25. The van der Waals surface area contributed by atoms with E-state index in [-0.39, 0.29) is 5.56 Å². The SMILES string of the molecule is CN(CCC1CCNCC1)C(=O)c1cc(F)ccc1F. The van der Waals surface area contributed by atoms with Gasteiger partial charge in [-0.2, -0.15) is 0 Å². The van der Waals surface area contributed by atoms with Gasteiger partial charge in [-0.05, 0) is 56.5 Å². The third kappa shape index (κ3) is 3.76. The van der Waals surface area contributed by atoms with Gasteiger partial charge < -0.3 is 10.2 Å². The van der Waals surface area contributed by atoms with Crippen molar-refractivity contribution in [1.29, 1.82) is 0 Å². The highest BCUT2D eigenvalue weighted by Crippen LogP contribution is 2.17. The Balaban J connectivity index is 1.92. The van der Waals surface area contributed by atoms with Gasteiger partial charge in [0.2, 0.25) is 0 Å². The average Bonchev–Trinajstić information content (AvgIpc) is 2.47. The number of rotatable bonds is 4. The summed E-state index contributed by atoms with van der Waals surface area (Å²) in [5.74, 6) is -1.13. The highest BCUT2D eigenvalue weighted by Gasteiger charge is 2.19. The summed E-state index contributed by atoms with van der Waals surface area (Å²) in [6.45, 7) is 2.60. The van der Waals surface area contributed by atoms with Gasteiger partial charge in [0.1, 0.15) is 11.6 Å². The maximum Gasteiger partial charge on any atom is 0.256 e. The quantitative estimate of drug-likeness (QED) is 0.920. The number of carbonyl (C=O) groups is 1. The van der Waals surface area contributed by atoms with Crippen LogP contribution in [0.5, 0.6) is 0 Å². The minimum atomic E-state index is -0.676. The van der Waals surface area contributed by atoms with E-state index in [1.54, 1.807) is 7.05 Å². The Bertz CT molecular complexity index is 473. The van der Waals surface area contributed by atoms with Gasteiger partial charge in [-0.25, -0.2) is 8.78 Å². The van der Waals surface area contributed by atoms with Gasteiger partial charge in [-0.3, -0.25) is 4.79 Å². The first-order valence-electron chi connectivity index (χ1n) is 6.99. The second-order valence-electron chi connectivity index (χ2n) is 5.33. The van der Waals surface area contributed by atoms with Crippen LogP contribution in [0.25, 0.3) is 0 Å². The van der Waals surface area contributed by atoms with E-state index in [4.69, 9.17) is 0 Å². The molecule has 3 nitrogen and oxygen atoms in total. The molecule has 1 aliphatic heterocycles. The summed E-state index contributed by atoms with van der Waals surface area (Å²) in [7, 11) is 1.63. The summed E-state index contributed by atoms with van der Waals surface area (Å²) in [5, 5.41) is 3.29. The predicted molar refractivity (Wildman–Crippen MR) is 73.5 cm³/mol. The van der Waals surface area contributed by atoms with Crippen molar-refractivity contribution in [3.8, 4) is 0 Å². The Morgan fingerprint density at radius 3 is 2.75 bits per heavy atom. The van der Waals surface area contributed by atoms with Crippen LogP contribution in [0.2, 0.25) is 0 Å². The van der Waals surface area contributed by atoms with E-state index in [2.05, 4.69) is 5.32 Å². The van der Waals surface area contributed by atoms with Crippen LogP contribution in [0.15, 0.2) is 18.2 Å². The van der Waals surface area contributed by atoms with E-state index in [9.17, 15) is 13.6 Å². The maximum atomic E-state index is 13.6. The number of carbonyl (C=O) groups excluding carboxylic acids is 1. The second-order valence-corrected chi connectivity index (χ2v) is 5.33. The summed E-state index contributed by atoms with van der Waals surface area (Å²) in [5.41, 5.74) is -0.196. The molecule has 1 amide bonds. The van der Waals surface area contributed by atoms with Crippen molar-refractivity contribution in [3.63, 3.8) is 0 Å². The van der Waals surface area contributed by atoms with Crippen molar-refractivity contribution in [3.05, 3.63) is 35.4 Å². The van der Waals surface area contributed by atoms with Crippen molar-refractivity contribution in [2.75, 3.05) is 26.7 Å². The Labute approximate surface area is 118 Å². The average molecular weight is 282 g/mol. The van der Waals surface area contributed by atoms with Crippen LogP contribution >= 0.6 is 0 Å². The number of halogens is 2. The molecule has 110 valence electrons. The molecule has 1 aromatic rings. The molecule has 1 fully saturated rings. The van der Waals surface area contributed by atoms with Crippen LogP contribution in [-0.2, 0) is 0 Å². The van der Waals surface area contributed by atoms with Crippen LogP contribution < -0.4 is 5.32 Å². The van der Waals surface area contributed by atoms with Gasteiger partial charge in [0.25, 0.3) is 5.91 Å². The van der Waals surface area contributed by atoms with Crippen LogP contribution in [0.4, 0.5) is 8.78 Å². The summed E-state index contributed by atoms with van der Waals surface area (Å²) in [4.78, 5) is 13.6. The Morgan fingerprint density at radius 2 is 2.05 bits per heavy atom. The van der Waals surface area contributed by atoms with Crippen molar-refractivity contribution < 1.29 is 13.6 Å². The zero-order valence-electron chi connectivity index (χ0n) is 11.7. The molecular weight excluding hydrogens is 262 g/mol. The lowest BCUT2D eigenvalue weighted by molar-refractivity contribution is 0.0779. The van der Waals surface area contributed by atoms with E-state index in [0.717, 1.165) is 50.6 Å². The van der Waals surface area contributed by atoms with Gasteiger partial charge in [-0.1, -0.05) is 0 Å². The van der Waals surface area contributed by atoms with Crippen LogP contribution in [0.3, 0.4) is 0 Å². The Morgan fingerprint density at radius 1 is 1.35 bits per heavy atom. The first kappa shape index (κ1) is 14.9. The summed E-state index contributed by atoms with van der Waals surface area (Å²) in [6.07, 6.45) is 3.12. The zero-order valence-corrected chi connectivity index (χ0v) is 11.7. The molecule has 20 heavy (non-hydrogen) atoms. The smallest absolute Gasteiger partial charge is 0.256 e. The lowest BCUT2D eigenvalue weighted by Crippen LogP contribution is -2.33. The molecule has 1 aromatic carbocycles. The lowest BCUT2D eigenvalue weighted by atomic mass is 9.94. The fourth-order valence-electron chi connectivity index (χ4n) is 2.52. The normalized spacial score (nSPS) is 16.1. The number of piperidine rings is 1. The van der Waals surface area contributed by atoms with Gasteiger partial charge in [-0.15, -0.1) is 0 Å². The van der Waals surface area contributed by atoms with Gasteiger partial charge >= 0.3 is 0 Å². The second kappa shape index (κ2) is 6.79. The molecule has 1 heterocycles. The van der Waals surface area contributed by atoms with E-state index in [1.807, 2.05) is 0 Å². The third-order valence-corrected chi connectivity index (χ3v) is 3.84. The largest absolute Gasteiger partial charge is 0.342 e. The van der Waals surface area contributed by atoms with Crippen LogP contribution in [0.1, 0.15) is 29.6 Å². The van der Waals surface area contributed by atoms with Crippen molar-refractivity contribution in [2.24, 2.45) is 5.92 Å². The summed E-state index contributed by atoms with van der Waals surface area (Å²) >= 11 is 0. The molecule has 0 atom stereocenters. The third-order valence-electron chi connectivity index (χ3n) is 3.84. The van der Waals surface area contributed by atoms with E-state index >= 15 is 0 Å². The number of amides is 1. The first-order valence-corrected chi connectivity index (χ1v) is 6.99. The number of nitrogens with zero attached hydrogens (tertiary/aromatic N) is 1. The van der Waals surface area contributed by atoms with Gasteiger partial charge in [0.15, 0.2) is 0 Å². The van der Waals surface area contributed by atoms with Crippen LogP contribution in [-0.4, -0.2) is 37.5 Å². The first-order chi connectivity index (χ1) is 9.58. The Hall–Kier alpha value is -1.49. The molecule has 0 spiro atoms. The van der Waals surface area contributed by atoms with Crippen molar-refractivity contribution in [1.82, 2.24) is 10.2 Å². The van der Waals surface area contributed by atoms with Crippen molar-refractivity contribution in [2.45, 2.75) is 19.3 Å². The van der Waals surface area contributed by atoms with Crippen LogP contribution in [0, 0.1) is 17.6 Å². The monoisotopic (exact) mass is 282 g/mol. The standard InChI is InChI=1S/C15H20F2N2O/c1-19(9-6-11-4-7-18-8-5-11)15(20)13-10-12(16)2-3-14(13)17/h2-3,10-11,18H,4-9H2,1H3. The fourth-order valence-corrected chi connectivity index (χ4v) is 2.52. The fraction of sp³-hybridized carbons (Fsp3) is 0.533. The maximum absolute atomic E-state index is 13.6. The van der Waals surface area contributed by atoms with E-state index in [1.165, 1.54) is 4.90 Å². The Kier molecular flexibility index (Phi) is 5.06. The minimum absolute atomic E-state index is 0.196. The number of hydrogen-bond acceptors (Lipinski definition) is 2. The van der Waals surface area contributed by atoms with Gasteiger partial charge in [0.05, 0.1) is 5.56 Å². The number of nitrogens with one attached hydrogen (secondary N) is 1. The summed E-state index contributed by atoms with van der Waals surface area (Å²) in [6, 6.07) is 2.96. The zero-order chi connectivity index (χ0) is 14.5. The number of hydrogen-bond donors (Lipinski definition) is 1. The van der Waals surface area contributed by atoms with Gasteiger partial charge in [0, 0.05) is 13.6 Å². The van der Waals surface area contributed by atoms with Crippen molar-refractivity contribution >= 4 is 5.91 Å². The molecule has 1 N–H and O–H groups in total. The van der Waals surface area contributed by atoms with E-state index in [0.29, 0.717) is 12.5 Å². The molecule has 0 saturated carbocycles. The topological polar surface area (TPSA) is 32.3 Å². The molecule has 0 radical (unpaired) electrons. The molecule has 5 heteroatoms. The molecule has 1 aliphatic rings. The highest BCUT2D eigenvalue weighted by molar-refractivity contribution is 5.94. The molecule has 0 aromatic heterocycles. The van der Waals surface area contributed by atoms with E-state index < -0.39 is 17.5 Å². The molecule has 1 saturated heterocycles. The minimum Gasteiger partial charge on any atom is -0.342 e. The predicted octanol–water partition coefficient (Wildman–Crippen LogP) is 2.43. The molecule has 0 aliphatic carbocycles. The molecule has 2 rings (SSSR count). The number of benzene rings is 1. The molecule has 0 bridgehead atoms. The summed E-state index contributed by atoms with van der Waals surface area (Å²) < 4.78 is 26.7. The highest BCUT2D eigenvalue weighted by atomic mass is 19.1. The molecule has 0 unspecified atom stereocenters. The molecular formula is C15H20F2N2O.